The normalized spacial score (nSPS) is 13.4. The summed E-state index contributed by atoms with van der Waals surface area (Å²) in [6, 6.07) is 0. The van der Waals surface area contributed by atoms with Crippen molar-refractivity contribution in [2.75, 3.05) is 0 Å². The van der Waals surface area contributed by atoms with Crippen molar-refractivity contribution in [2.24, 2.45) is 5.73 Å². The van der Waals surface area contributed by atoms with E-state index >= 15 is 0 Å². The van der Waals surface area contributed by atoms with Crippen LogP contribution in [0.3, 0.4) is 0 Å². The van der Waals surface area contributed by atoms with Crippen molar-refractivity contribution in [1.29, 1.82) is 0 Å². The predicted octanol–water partition coefficient (Wildman–Crippen LogP) is 2.37. The molecule has 0 aliphatic heterocycles. The molecule has 10 heavy (non-hydrogen) atoms. The van der Waals surface area contributed by atoms with E-state index in [-0.39, 0.29) is 0 Å². The highest BCUT2D eigenvalue weighted by Gasteiger charge is 1.85. The van der Waals surface area contributed by atoms with Gasteiger partial charge in [-0.2, -0.15) is 0 Å². The Kier molecular flexibility index (Phi) is 4.38. The Labute approximate surface area is 62.9 Å². The van der Waals surface area contributed by atoms with Crippen molar-refractivity contribution >= 4 is 0 Å². The summed E-state index contributed by atoms with van der Waals surface area (Å²) in [5, 5.41) is 0. The van der Waals surface area contributed by atoms with Crippen LogP contribution in [0.25, 0.3) is 0 Å². The van der Waals surface area contributed by atoms with Crippen molar-refractivity contribution in [3.05, 3.63) is 36.1 Å². The molecule has 0 atom stereocenters. The van der Waals surface area contributed by atoms with Crippen LogP contribution in [0.15, 0.2) is 36.1 Å². The highest BCUT2D eigenvalue weighted by molar-refractivity contribution is 5.24. The van der Waals surface area contributed by atoms with Gasteiger partial charge in [0, 0.05) is 5.70 Å². The molecule has 0 saturated carbocycles. The molecule has 0 aliphatic carbocycles. The van der Waals surface area contributed by atoms with E-state index in [0.29, 0.717) is 0 Å². The Morgan fingerprint density at radius 3 is 2.50 bits per heavy atom. The Bertz CT molecular complexity index is 157. The molecule has 0 amide bonds. The van der Waals surface area contributed by atoms with E-state index in [9.17, 15) is 0 Å². The van der Waals surface area contributed by atoms with E-state index in [2.05, 4.69) is 13.5 Å². The summed E-state index contributed by atoms with van der Waals surface area (Å²) in [4.78, 5) is 0. The predicted molar refractivity (Wildman–Crippen MR) is 46.5 cm³/mol. The van der Waals surface area contributed by atoms with Crippen LogP contribution in [0.5, 0.6) is 0 Å². The maximum Gasteiger partial charge on any atom is 0.00516 e. The zero-order valence-electron chi connectivity index (χ0n) is 6.72. The lowest BCUT2D eigenvalue weighted by molar-refractivity contribution is 1.13. The fourth-order valence-corrected chi connectivity index (χ4v) is 0.712. The molecule has 0 heterocycles. The van der Waals surface area contributed by atoms with E-state index in [0.717, 1.165) is 12.1 Å². The van der Waals surface area contributed by atoms with Crippen molar-refractivity contribution in [1.82, 2.24) is 0 Å². The second-order valence-electron chi connectivity index (χ2n) is 2.22. The lowest BCUT2D eigenvalue weighted by Crippen LogP contribution is -1.90. The first-order valence-corrected chi connectivity index (χ1v) is 3.46. The van der Waals surface area contributed by atoms with Crippen LogP contribution >= 0.6 is 0 Å². The topological polar surface area (TPSA) is 26.0 Å². The number of hydrogen-bond donors (Lipinski definition) is 1. The van der Waals surface area contributed by atoms with Crippen molar-refractivity contribution in [3.63, 3.8) is 0 Å². The molecule has 0 aliphatic rings. The lowest BCUT2D eigenvalue weighted by Gasteiger charge is -1.95. The van der Waals surface area contributed by atoms with Gasteiger partial charge in [0.05, 0.1) is 0 Å². The van der Waals surface area contributed by atoms with Gasteiger partial charge in [0.25, 0.3) is 0 Å². The summed E-state index contributed by atoms with van der Waals surface area (Å²) < 4.78 is 0. The summed E-state index contributed by atoms with van der Waals surface area (Å²) in [5.74, 6) is 0. The van der Waals surface area contributed by atoms with E-state index in [4.69, 9.17) is 5.73 Å². The number of rotatable bonds is 3. The average molecular weight is 137 g/mol. The fourth-order valence-electron chi connectivity index (χ4n) is 0.712. The molecule has 1 heteroatoms. The minimum atomic E-state index is 0.843. The Morgan fingerprint density at radius 2 is 2.20 bits per heavy atom. The Hall–Kier alpha value is -0.980. The van der Waals surface area contributed by atoms with Gasteiger partial charge in [-0.3, -0.25) is 0 Å². The van der Waals surface area contributed by atoms with Gasteiger partial charge >= 0.3 is 0 Å². The number of allylic oxidation sites excluding steroid dienone is 5. The van der Waals surface area contributed by atoms with Crippen LogP contribution in [0.4, 0.5) is 0 Å². The summed E-state index contributed by atoms with van der Waals surface area (Å²) in [6.45, 7) is 7.58. The largest absolute Gasteiger partial charge is 0.402 e. The third-order valence-electron chi connectivity index (χ3n) is 1.15. The molecule has 0 aromatic rings. The minimum absolute atomic E-state index is 0.843. The first kappa shape index (κ1) is 9.02. The molecular weight excluding hydrogens is 122 g/mol. The van der Waals surface area contributed by atoms with Crippen molar-refractivity contribution < 1.29 is 0 Å². The molecule has 0 aromatic heterocycles. The highest BCUT2D eigenvalue weighted by Crippen LogP contribution is 2.03. The van der Waals surface area contributed by atoms with Gasteiger partial charge < -0.3 is 5.73 Å². The van der Waals surface area contributed by atoms with Gasteiger partial charge in [0.2, 0.25) is 0 Å². The van der Waals surface area contributed by atoms with Crippen LogP contribution in [0.1, 0.15) is 20.3 Å². The third-order valence-corrected chi connectivity index (χ3v) is 1.15. The Balaban J connectivity index is 4.22. The molecule has 56 valence electrons. The highest BCUT2D eigenvalue weighted by atomic mass is 14.5. The van der Waals surface area contributed by atoms with Crippen molar-refractivity contribution in [2.45, 2.75) is 20.3 Å². The van der Waals surface area contributed by atoms with E-state index in [1.807, 2.05) is 19.1 Å². The molecule has 0 spiro atoms. The van der Waals surface area contributed by atoms with Gasteiger partial charge in [-0.1, -0.05) is 25.7 Å². The molecule has 0 aromatic carbocycles. The molecule has 0 rings (SSSR count). The first-order chi connectivity index (χ1) is 4.70. The zero-order chi connectivity index (χ0) is 7.98. The molecule has 0 radical (unpaired) electrons. The summed E-state index contributed by atoms with van der Waals surface area (Å²) in [6.07, 6.45) is 6.71. The number of hydrogen-bond acceptors (Lipinski definition) is 1. The molecule has 0 bridgehead atoms. The van der Waals surface area contributed by atoms with E-state index in [1.165, 1.54) is 5.57 Å². The van der Waals surface area contributed by atoms with Crippen LogP contribution in [0, 0.1) is 0 Å². The average Bonchev–Trinajstić information content (AvgIpc) is 1.86. The van der Waals surface area contributed by atoms with E-state index < -0.39 is 0 Å². The zero-order valence-corrected chi connectivity index (χ0v) is 6.72. The lowest BCUT2D eigenvalue weighted by atomic mass is 10.1. The molecule has 0 saturated heterocycles. The maximum atomic E-state index is 5.49. The molecule has 0 fully saturated rings. The van der Waals surface area contributed by atoms with E-state index in [1.54, 1.807) is 6.08 Å². The maximum absolute atomic E-state index is 5.49. The van der Waals surface area contributed by atoms with Crippen LogP contribution < -0.4 is 5.73 Å². The third kappa shape index (κ3) is 3.96. The second kappa shape index (κ2) is 4.86. The fraction of sp³-hybridized carbons (Fsp3) is 0.333. The number of nitrogens with two attached hydrogens (primary N) is 1. The molecule has 1 nitrogen and oxygen atoms in total. The van der Waals surface area contributed by atoms with Crippen LogP contribution in [-0.4, -0.2) is 0 Å². The standard InChI is InChI=1S/C9H15N/c1-4-6-9(5-2)7-8(3)10/h4,6-7H,1,5,10H2,2-3H3/b8-7-,9-6-. The van der Waals surface area contributed by atoms with Crippen molar-refractivity contribution in [3.8, 4) is 0 Å². The molecule has 2 N–H and O–H groups in total. The summed E-state index contributed by atoms with van der Waals surface area (Å²) in [5.41, 5.74) is 7.55. The summed E-state index contributed by atoms with van der Waals surface area (Å²) in [7, 11) is 0. The van der Waals surface area contributed by atoms with Gasteiger partial charge in [0.1, 0.15) is 0 Å². The Morgan fingerprint density at radius 1 is 1.60 bits per heavy atom. The monoisotopic (exact) mass is 137 g/mol. The molecular formula is C9H15N. The first-order valence-electron chi connectivity index (χ1n) is 3.46. The van der Waals surface area contributed by atoms with Gasteiger partial charge in [0.15, 0.2) is 0 Å². The quantitative estimate of drug-likeness (QED) is 0.594. The van der Waals surface area contributed by atoms with Gasteiger partial charge in [-0.15, -0.1) is 0 Å². The molecule has 0 unspecified atom stereocenters. The minimum Gasteiger partial charge on any atom is -0.402 e. The van der Waals surface area contributed by atoms with Crippen LogP contribution in [-0.2, 0) is 0 Å². The summed E-state index contributed by atoms with van der Waals surface area (Å²) >= 11 is 0. The van der Waals surface area contributed by atoms with Gasteiger partial charge in [-0.25, -0.2) is 0 Å². The van der Waals surface area contributed by atoms with Gasteiger partial charge in [-0.05, 0) is 25.0 Å². The van der Waals surface area contributed by atoms with Crippen LogP contribution in [0.2, 0.25) is 0 Å². The second-order valence-corrected chi connectivity index (χ2v) is 2.22. The smallest absolute Gasteiger partial charge is 0.00516 e. The SMILES string of the molecule is C=C/C=C(\C=C(\C)N)CC.